The summed E-state index contributed by atoms with van der Waals surface area (Å²) >= 11 is 3.85. The van der Waals surface area contributed by atoms with Gasteiger partial charge in [0.25, 0.3) is 0 Å². The van der Waals surface area contributed by atoms with Crippen molar-refractivity contribution in [3.8, 4) is 0 Å². The summed E-state index contributed by atoms with van der Waals surface area (Å²) in [4.78, 5) is 0.691. The zero-order chi connectivity index (χ0) is 12.8. The van der Waals surface area contributed by atoms with Gasteiger partial charge in [-0.05, 0) is 25.7 Å². The summed E-state index contributed by atoms with van der Waals surface area (Å²) in [5, 5.41) is 0. The van der Waals surface area contributed by atoms with Gasteiger partial charge in [0.15, 0.2) is 0 Å². The van der Waals surface area contributed by atoms with Crippen LogP contribution < -0.4 is 0 Å². The highest BCUT2D eigenvalue weighted by Gasteiger charge is 2.54. The van der Waals surface area contributed by atoms with Gasteiger partial charge in [-0.3, -0.25) is 0 Å². The minimum Gasteiger partial charge on any atom is -0.379 e. The maximum Gasteiger partial charge on any atom is 0.0704 e. The first-order valence-corrected chi connectivity index (χ1v) is 8.54. The van der Waals surface area contributed by atoms with Gasteiger partial charge < -0.3 is 9.47 Å². The molecule has 0 aromatic heterocycles. The van der Waals surface area contributed by atoms with E-state index in [4.69, 9.17) is 9.47 Å². The highest BCUT2D eigenvalue weighted by Crippen LogP contribution is 2.56. The van der Waals surface area contributed by atoms with Gasteiger partial charge in [0.1, 0.15) is 0 Å². The van der Waals surface area contributed by atoms with Crippen LogP contribution in [0.2, 0.25) is 0 Å². The Morgan fingerprint density at radius 2 is 1.89 bits per heavy atom. The molecular formula is C15H27BrO2. The number of halogens is 1. The summed E-state index contributed by atoms with van der Waals surface area (Å²) in [5.74, 6) is 0. The molecule has 2 aliphatic rings. The Bertz CT molecular complexity index is 239. The van der Waals surface area contributed by atoms with E-state index in [0.29, 0.717) is 16.3 Å². The second-order valence-corrected chi connectivity index (χ2v) is 6.93. The zero-order valence-electron chi connectivity index (χ0n) is 11.6. The van der Waals surface area contributed by atoms with Crippen molar-refractivity contribution in [1.82, 2.24) is 0 Å². The third-order valence-corrected chi connectivity index (χ3v) is 5.95. The largest absolute Gasteiger partial charge is 0.379 e. The van der Waals surface area contributed by atoms with E-state index >= 15 is 0 Å². The van der Waals surface area contributed by atoms with Crippen LogP contribution in [-0.2, 0) is 9.47 Å². The minimum absolute atomic E-state index is 0.460. The summed E-state index contributed by atoms with van der Waals surface area (Å²) in [6.45, 7) is 4.61. The molecular weight excluding hydrogens is 292 g/mol. The van der Waals surface area contributed by atoms with E-state index in [2.05, 4.69) is 22.9 Å². The van der Waals surface area contributed by atoms with E-state index < -0.39 is 0 Å². The molecule has 0 heterocycles. The van der Waals surface area contributed by atoms with Crippen molar-refractivity contribution in [2.45, 2.75) is 69.2 Å². The summed E-state index contributed by atoms with van der Waals surface area (Å²) in [7, 11) is 0. The van der Waals surface area contributed by atoms with Crippen LogP contribution in [0.5, 0.6) is 0 Å². The molecule has 2 atom stereocenters. The van der Waals surface area contributed by atoms with Gasteiger partial charge in [-0.15, -0.1) is 0 Å². The van der Waals surface area contributed by atoms with E-state index in [-0.39, 0.29) is 0 Å². The van der Waals surface area contributed by atoms with Crippen LogP contribution in [0.25, 0.3) is 0 Å². The highest BCUT2D eigenvalue weighted by molar-refractivity contribution is 9.09. The molecule has 106 valence electrons. The number of alkyl halides is 1. The SMILES string of the molecule is CCCCOCCOC1CC(Br)C12CCCCC2. The molecule has 2 rings (SSSR count). The first-order chi connectivity index (χ1) is 8.79. The molecule has 2 unspecified atom stereocenters. The van der Waals surface area contributed by atoms with Crippen LogP contribution >= 0.6 is 15.9 Å². The van der Waals surface area contributed by atoms with Crippen molar-refractivity contribution < 1.29 is 9.47 Å². The molecule has 3 heteroatoms. The lowest BCUT2D eigenvalue weighted by Gasteiger charge is -2.55. The van der Waals surface area contributed by atoms with E-state index in [9.17, 15) is 0 Å². The van der Waals surface area contributed by atoms with Crippen molar-refractivity contribution >= 4 is 15.9 Å². The monoisotopic (exact) mass is 318 g/mol. The number of hydrogen-bond acceptors (Lipinski definition) is 2. The molecule has 0 radical (unpaired) electrons. The summed E-state index contributed by atoms with van der Waals surface area (Å²) in [5.41, 5.74) is 0.460. The van der Waals surface area contributed by atoms with Gasteiger partial charge in [-0.2, -0.15) is 0 Å². The van der Waals surface area contributed by atoms with Crippen molar-refractivity contribution in [3.05, 3.63) is 0 Å². The molecule has 0 N–H and O–H groups in total. The number of unbranched alkanes of at least 4 members (excludes halogenated alkanes) is 1. The molecule has 2 aliphatic carbocycles. The smallest absolute Gasteiger partial charge is 0.0704 e. The van der Waals surface area contributed by atoms with Gasteiger partial charge >= 0.3 is 0 Å². The summed E-state index contributed by atoms with van der Waals surface area (Å²) in [6.07, 6.45) is 10.9. The molecule has 2 fully saturated rings. The first-order valence-electron chi connectivity index (χ1n) is 7.63. The Morgan fingerprint density at radius 3 is 2.56 bits per heavy atom. The van der Waals surface area contributed by atoms with Crippen LogP contribution in [-0.4, -0.2) is 30.8 Å². The Labute approximate surface area is 120 Å². The Balaban J connectivity index is 1.64. The standard InChI is InChI=1S/C15H27BrO2/c1-2-3-9-17-10-11-18-14-12-13(16)15(14)7-5-4-6-8-15/h13-14H,2-12H2,1H3. The van der Waals surface area contributed by atoms with E-state index in [1.54, 1.807) is 0 Å². The third-order valence-electron chi connectivity index (χ3n) is 4.66. The van der Waals surface area contributed by atoms with Gasteiger partial charge in [0.05, 0.1) is 19.3 Å². The second-order valence-electron chi connectivity index (χ2n) is 5.82. The van der Waals surface area contributed by atoms with Crippen LogP contribution in [0.4, 0.5) is 0 Å². The molecule has 1 spiro atoms. The molecule has 0 bridgehead atoms. The topological polar surface area (TPSA) is 18.5 Å². The maximum atomic E-state index is 6.07. The number of hydrogen-bond donors (Lipinski definition) is 0. The van der Waals surface area contributed by atoms with Gasteiger partial charge in [0.2, 0.25) is 0 Å². The van der Waals surface area contributed by atoms with Crippen molar-refractivity contribution in [2.24, 2.45) is 5.41 Å². The van der Waals surface area contributed by atoms with Gasteiger partial charge in [0, 0.05) is 16.8 Å². The maximum absolute atomic E-state index is 6.07. The fraction of sp³-hybridized carbons (Fsp3) is 1.00. The van der Waals surface area contributed by atoms with Crippen LogP contribution in [0.1, 0.15) is 58.3 Å². The lowest BCUT2D eigenvalue weighted by Crippen LogP contribution is -2.56. The molecule has 18 heavy (non-hydrogen) atoms. The predicted octanol–water partition coefficient (Wildman–Crippen LogP) is 4.31. The highest BCUT2D eigenvalue weighted by atomic mass is 79.9. The molecule has 0 saturated heterocycles. The fourth-order valence-electron chi connectivity index (χ4n) is 3.38. The molecule has 0 amide bonds. The fourth-order valence-corrected chi connectivity index (χ4v) is 4.47. The second kappa shape index (κ2) is 7.25. The first kappa shape index (κ1) is 14.8. The summed E-state index contributed by atoms with van der Waals surface area (Å²) in [6, 6.07) is 0. The van der Waals surface area contributed by atoms with Crippen molar-refractivity contribution in [1.29, 1.82) is 0 Å². The zero-order valence-corrected chi connectivity index (χ0v) is 13.2. The molecule has 2 saturated carbocycles. The van der Waals surface area contributed by atoms with Crippen molar-refractivity contribution in [2.75, 3.05) is 19.8 Å². The quantitative estimate of drug-likeness (QED) is 0.514. The lowest BCUT2D eigenvalue weighted by atomic mass is 9.58. The molecule has 0 aromatic rings. The molecule has 2 nitrogen and oxygen atoms in total. The van der Waals surface area contributed by atoms with Crippen LogP contribution in [0.3, 0.4) is 0 Å². The van der Waals surface area contributed by atoms with E-state index in [1.165, 1.54) is 44.9 Å². The van der Waals surface area contributed by atoms with E-state index in [0.717, 1.165) is 26.2 Å². The third kappa shape index (κ3) is 3.29. The normalized spacial score (nSPS) is 30.3. The minimum atomic E-state index is 0.460. The van der Waals surface area contributed by atoms with Gasteiger partial charge in [-0.1, -0.05) is 48.5 Å². The molecule has 0 aromatic carbocycles. The Hall–Kier alpha value is 0.400. The predicted molar refractivity (Wildman–Crippen MR) is 78.3 cm³/mol. The Morgan fingerprint density at radius 1 is 1.11 bits per heavy atom. The number of rotatable bonds is 7. The number of ether oxygens (including phenoxy) is 2. The van der Waals surface area contributed by atoms with Gasteiger partial charge in [-0.25, -0.2) is 0 Å². The molecule has 0 aliphatic heterocycles. The average Bonchev–Trinajstić information content (AvgIpc) is 2.42. The van der Waals surface area contributed by atoms with Crippen LogP contribution in [0.15, 0.2) is 0 Å². The lowest BCUT2D eigenvalue weighted by molar-refractivity contribution is -0.129. The van der Waals surface area contributed by atoms with E-state index in [1.807, 2.05) is 0 Å². The van der Waals surface area contributed by atoms with Crippen LogP contribution in [0, 0.1) is 5.41 Å². The summed E-state index contributed by atoms with van der Waals surface area (Å²) < 4.78 is 11.6. The van der Waals surface area contributed by atoms with Crippen molar-refractivity contribution in [3.63, 3.8) is 0 Å². The Kier molecular flexibility index (Phi) is 5.96. The average molecular weight is 319 g/mol.